The van der Waals surface area contributed by atoms with Crippen LogP contribution < -0.4 is 9.47 Å². The average Bonchev–Trinajstić information content (AvgIpc) is 2.62. The Bertz CT molecular complexity index is 821. The molecule has 5 heteroatoms. The Balaban J connectivity index is 1.83. The van der Waals surface area contributed by atoms with Crippen molar-refractivity contribution < 1.29 is 24.2 Å². The van der Waals surface area contributed by atoms with E-state index in [0.29, 0.717) is 24.3 Å². The highest BCUT2D eigenvalue weighted by molar-refractivity contribution is 5.78. The monoisotopic (exact) mass is 384 g/mol. The summed E-state index contributed by atoms with van der Waals surface area (Å²) in [6, 6.07) is 12.7. The highest BCUT2D eigenvalue weighted by atomic mass is 16.5. The Morgan fingerprint density at radius 1 is 1.04 bits per heavy atom. The summed E-state index contributed by atoms with van der Waals surface area (Å²) in [6.07, 6.45) is 1.31. The summed E-state index contributed by atoms with van der Waals surface area (Å²) in [7, 11) is 0. The third-order valence-corrected chi connectivity index (χ3v) is 4.59. The lowest BCUT2D eigenvalue weighted by Gasteiger charge is -2.22. The molecule has 0 saturated heterocycles. The molecular formula is C23H28O5. The molecule has 2 aromatic carbocycles. The van der Waals surface area contributed by atoms with Gasteiger partial charge in [0, 0.05) is 0 Å². The molecule has 0 atom stereocenters. The second-order valence-corrected chi connectivity index (χ2v) is 7.71. The fourth-order valence-corrected chi connectivity index (χ4v) is 2.76. The zero-order valence-electron chi connectivity index (χ0n) is 17.0. The number of carboxylic acid groups (broad SMARTS) is 1. The maximum absolute atomic E-state index is 12.5. The van der Waals surface area contributed by atoms with Gasteiger partial charge in [-0.3, -0.25) is 9.59 Å². The van der Waals surface area contributed by atoms with E-state index in [4.69, 9.17) is 14.6 Å². The lowest BCUT2D eigenvalue weighted by atomic mass is 9.88. The SMILES string of the molecule is Cc1ccc(C)c(OCCCC(C)(C)C(=O)Oc2ccc(CC(=O)O)cc2)c1. The van der Waals surface area contributed by atoms with Gasteiger partial charge in [-0.25, -0.2) is 0 Å². The Labute approximate surface area is 166 Å². The van der Waals surface area contributed by atoms with Gasteiger partial charge in [-0.2, -0.15) is 0 Å². The number of hydrogen-bond acceptors (Lipinski definition) is 4. The van der Waals surface area contributed by atoms with Crippen LogP contribution in [0.1, 0.15) is 43.4 Å². The lowest BCUT2D eigenvalue weighted by molar-refractivity contribution is -0.144. The Kier molecular flexibility index (Phi) is 7.21. The van der Waals surface area contributed by atoms with Gasteiger partial charge in [0.05, 0.1) is 18.4 Å². The molecule has 5 nitrogen and oxygen atoms in total. The fraction of sp³-hybridized carbons (Fsp3) is 0.391. The van der Waals surface area contributed by atoms with Gasteiger partial charge in [-0.05, 0) is 75.4 Å². The van der Waals surface area contributed by atoms with Crippen LogP contribution in [0.2, 0.25) is 0 Å². The van der Waals surface area contributed by atoms with Crippen LogP contribution in [0.5, 0.6) is 11.5 Å². The van der Waals surface area contributed by atoms with Crippen LogP contribution in [-0.2, 0) is 16.0 Å². The number of benzene rings is 2. The second kappa shape index (κ2) is 9.40. The fourth-order valence-electron chi connectivity index (χ4n) is 2.76. The van der Waals surface area contributed by atoms with E-state index in [-0.39, 0.29) is 12.4 Å². The van der Waals surface area contributed by atoms with E-state index >= 15 is 0 Å². The summed E-state index contributed by atoms with van der Waals surface area (Å²) < 4.78 is 11.3. The van der Waals surface area contributed by atoms with Gasteiger partial charge in [0.25, 0.3) is 0 Å². The summed E-state index contributed by atoms with van der Waals surface area (Å²) in [5, 5.41) is 8.80. The smallest absolute Gasteiger partial charge is 0.316 e. The van der Waals surface area contributed by atoms with Gasteiger partial charge in [-0.1, -0.05) is 24.3 Å². The van der Waals surface area contributed by atoms with Gasteiger partial charge in [0.1, 0.15) is 11.5 Å². The van der Waals surface area contributed by atoms with Crippen LogP contribution in [-0.4, -0.2) is 23.7 Å². The number of ether oxygens (including phenoxy) is 2. The Morgan fingerprint density at radius 2 is 1.71 bits per heavy atom. The third kappa shape index (κ3) is 6.41. The molecule has 0 unspecified atom stereocenters. The van der Waals surface area contributed by atoms with Crippen molar-refractivity contribution >= 4 is 11.9 Å². The van der Waals surface area contributed by atoms with E-state index in [1.54, 1.807) is 24.3 Å². The first kappa shape index (κ1) is 21.5. The molecule has 0 aliphatic carbocycles. The van der Waals surface area contributed by atoms with E-state index in [1.165, 1.54) is 0 Å². The van der Waals surface area contributed by atoms with Gasteiger partial charge >= 0.3 is 11.9 Å². The van der Waals surface area contributed by atoms with E-state index in [9.17, 15) is 9.59 Å². The molecule has 0 spiro atoms. The molecular weight excluding hydrogens is 356 g/mol. The highest BCUT2D eigenvalue weighted by Gasteiger charge is 2.29. The first-order chi connectivity index (χ1) is 13.2. The number of carbonyl (C=O) groups excluding carboxylic acids is 1. The molecule has 0 saturated carbocycles. The number of aryl methyl sites for hydroxylation is 2. The van der Waals surface area contributed by atoms with Crippen LogP contribution in [0.3, 0.4) is 0 Å². The van der Waals surface area contributed by atoms with Crippen molar-refractivity contribution in [1.82, 2.24) is 0 Å². The second-order valence-electron chi connectivity index (χ2n) is 7.71. The average molecular weight is 384 g/mol. The molecule has 1 N–H and O–H groups in total. The summed E-state index contributed by atoms with van der Waals surface area (Å²) >= 11 is 0. The van der Waals surface area contributed by atoms with Crippen LogP contribution >= 0.6 is 0 Å². The van der Waals surface area contributed by atoms with Gasteiger partial charge in [-0.15, -0.1) is 0 Å². The summed E-state index contributed by atoms with van der Waals surface area (Å²) in [5.74, 6) is 0.0832. The molecule has 0 amide bonds. The lowest BCUT2D eigenvalue weighted by Crippen LogP contribution is -2.29. The number of carboxylic acids is 1. The van der Waals surface area contributed by atoms with Crippen molar-refractivity contribution in [2.45, 2.75) is 47.0 Å². The molecule has 2 rings (SSSR count). The number of aliphatic carboxylic acids is 1. The molecule has 0 aliphatic heterocycles. The van der Waals surface area contributed by atoms with Crippen molar-refractivity contribution in [3.8, 4) is 11.5 Å². The van der Waals surface area contributed by atoms with Gasteiger partial charge < -0.3 is 14.6 Å². The maximum atomic E-state index is 12.5. The molecule has 0 bridgehead atoms. The standard InChI is InChI=1S/C23H28O5/c1-16-6-7-17(2)20(14-16)27-13-5-12-23(3,4)22(26)28-19-10-8-18(9-11-19)15-21(24)25/h6-11,14H,5,12-13,15H2,1-4H3,(H,24,25). The predicted octanol–water partition coefficient (Wildman–Crippen LogP) is 4.72. The first-order valence-corrected chi connectivity index (χ1v) is 9.40. The minimum Gasteiger partial charge on any atom is -0.493 e. The zero-order chi connectivity index (χ0) is 20.7. The van der Waals surface area contributed by atoms with E-state index in [2.05, 4.69) is 6.07 Å². The number of esters is 1. The van der Waals surface area contributed by atoms with Crippen molar-refractivity contribution in [2.75, 3.05) is 6.61 Å². The molecule has 0 aliphatic rings. The summed E-state index contributed by atoms with van der Waals surface area (Å²) in [5.41, 5.74) is 2.26. The molecule has 0 aromatic heterocycles. The van der Waals surface area contributed by atoms with Crippen molar-refractivity contribution in [1.29, 1.82) is 0 Å². The van der Waals surface area contributed by atoms with E-state index in [1.807, 2.05) is 39.8 Å². The Morgan fingerprint density at radius 3 is 2.36 bits per heavy atom. The number of hydrogen-bond donors (Lipinski definition) is 1. The van der Waals surface area contributed by atoms with Crippen molar-refractivity contribution in [2.24, 2.45) is 5.41 Å². The maximum Gasteiger partial charge on any atom is 0.316 e. The third-order valence-electron chi connectivity index (χ3n) is 4.59. The predicted molar refractivity (Wildman–Crippen MR) is 108 cm³/mol. The van der Waals surface area contributed by atoms with E-state index in [0.717, 1.165) is 23.3 Å². The first-order valence-electron chi connectivity index (χ1n) is 9.40. The van der Waals surface area contributed by atoms with E-state index < -0.39 is 11.4 Å². The van der Waals surface area contributed by atoms with Crippen LogP contribution in [0, 0.1) is 19.3 Å². The normalized spacial score (nSPS) is 11.1. The Hall–Kier alpha value is -2.82. The number of carbonyl (C=O) groups is 2. The molecule has 150 valence electrons. The zero-order valence-corrected chi connectivity index (χ0v) is 17.0. The largest absolute Gasteiger partial charge is 0.493 e. The summed E-state index contributed by atoms with van der Waals surface area (Å²) in [4.78, 5) is 23.2. The van der Waals surface area contributed by atoms with Crippen molar-refractivity contribution in [3.05, 3.63) is 59.2 Å². The quantitative estimate of drug-likeness (QED) is 0.385. The highest BCUT2D eigenvalue weighted by Crippen LogP contribution is 2.27. The van der Waals surface area contributed by atoms with Crippen LogP contribution in [0.25, 0.3) is 0 Å². The molecule has 0 radical (unpaired) electrons. The topological polar surface area (TPSA) is 72.8 Å². The van der Waals surface area contributed by atoms with Gasteiger partial charge in [0.2, 0.25) is 0 Å². The minimum atomic E-state index is -0.894. The molecule has 2 aromatic rings. The molecule has 28 heavy (non-hydrogen) atoms. The minimum absolute atomic E-state index is 0.0554. The molecule has 0 heterocycles. The van der Waals surface area contributed by atoms with Crippen molar-refractivity contribution in [3.63, 3.8) is 0 Å². The van der Waals surface area contributed by atoms with Crippen LogP contribution in [0.4, 0.5) is 0 Å². The summed E-state index contributed by atoms with van der Waals surface area (Å²) in [6.45, 7) is 8.28. The molecule has 0 fully saturated rings. The number of rotatable bonds is 9. The van der Waals surface area contributed by atoms with Gasteiger partial charge in [0.15, 0.2) is 0 Å². The van der Waals surface area contributed by atoms with Crippen LogP contribution in [0.15, 0.2) is 42.5 Å².